The Kier molecular flexibility index (Phi) is 3.66. The lowest BCUT2D eigenvalue weighted by Crippen LogP contribution is -2.54. The van der Waals surface area contributed by atoms with E-state index in [2.05, 4.69) is 20.4 Å². The van der Waals surface area contributed by atoms with E-state index in [9.17, 15) is 9.90 Å². The van der Waals surface area contributed by atoms with Crippen molar-refractivity contribution < 1.29 is 9.90 Å². The van der Waals surface area contributed by atoms with Gasteiger partial charge in [0.15, 0.2) is 5.78 Å². The molecule has 0 heterocycles. The van der Waals surface area contributed by atoms with Crippen molar-refractivity contribution in [3.8, 4) is 0 Å². The summed E-state index contributed by atoms with van der Waals surface area (Å²) in [6.45, 7) is 8.67. The average molecular weight is 328 g/mol. The lowest BCUT2D eigenvalue weighted by molar-refractivity contribution is -0.128. The Labute approximate surface area is 146 Å². The van der Waals surface area contributed by atoms with E-state index in [0.29, 0.717) is 17.6 Å². The highest BCUT2D eigenvalue weighted by Gasteiger charge is 2.63. The second-order valence-electron chi connectivity index (χ2n) is 9.49. The number of hydrogen-bond acceptors (Lipinski definition) is 2. The van der Waals surface area contributed by atoms with E-state index < -0.39 is 5.60 Å². The predicted octanol–water partition coefficient (Wildman–Crippen LogP) is 4.83. The topological polar surface area (TPSA) is 37.3 Å². The molecular formula is C22H32O2. The highest BCUT2D eigenvalue weighted by molar-refractivity contribution is 5.91. The second-order valence-corrected chi connectivity index (χ2v) is 9.49. The predicted molar refractivity (Wildman–Crippen MR) is 96.5 cm³/mol. The van der Waals surface area contributed by atoms with Crippen molar-refractivity contribution in [2.24, 2.45) is 28.6 Å². The van der Waals surface area contributed by atoms with Crippen LogP contribution in [0.2, 0.25) is 0 Å². The van der Waals surface area contributed by atoms with Crippen LogP contribution >= 0.6 is 0 Å². The number of hydrogen-bond donors (Lipinski definition) is 1. The first-order valence-corrected chi connectivity index (χ1v) is 9.91. The first-order chi connectivity index (χ1) is 11.3. The summed E-state index contributed by atoms with van der Waals surface area (Å²) < 4.78 is 0. The normalized spacial score (nSPS) is 50.5. The minimum absolute atomic E-state index is 0.0461. The van der Waals surface area contributed by atoms with E-state index in [1.165, 1.54) is 18.4 Å². The lowest BCUT2D eigenvalue weighted by atomic mass is 9.46. The quantitative estimate of drug-likeness (QED) is 0.738. The maximum atomic E-state index is 11.9. The molecule has 3 saturated carbocycles. The van der Waals surface area contributed by atoms with Gasteiger partial charge in [0, 0.05) is 6.42 Å². The summed E-state index contributed by atoms with van der Waals surface area (Å²) in [6.07, 6.45) is 13.1. The van der Waals surface area contributed by atoms with Gasteiger partial charge in [0.2, 0.25) is 0 Å². The maximum Gasteiger partial charge on any atom is 0.155 e. The van der Waals surface area contributed by atoms with Gasteiger partial charge in [-0.1, -0.05) is 25.5 Å². The third-order valence-electron chi connectivity index (χ3n) is 8.77. The molecule has 0 aliphatic heterocycles. The SMILES string of the molecule is C=CC[C@]1(O)CC[C@@H]2C3CCC4=CC(=O)CC[C@]4(C)[C@H]3CC[C@@]21C. The van der Waals surface area contributed by atoms with Gasteiger partial charge in [-0.15, -0.1) is 6.58 Å². The molecule has 2 nitrogen and oxygen atoms in total. The number of carbonyl (C=O) groups is 1. The minimum Gasteiger partial charge on any atom is -0.389 e. The van der Waals surface area contributed by atoms with Crippen LogP contribution in [0.4, 0.5) is 0 Å². The number of aliphatic hydroxyl groups is 1. The van der Waals surface area contributed by atoms with Crippen molar-refractivity contribution in [3.05, 3.63) is 24.3 Å². The Hall–Kier alpha value is -0.890. The third kappa shape index (κ3) is 2.01. The molecule has 0 radical (unpaired) electrons. The molecule has 1 unspecified atom stereocenters. The summed E-state index contributed by atoms with van der Waals surface area (Å²) in [5.41, 5.74) is 1.16. The highest BCUT2D eigenvalue weighted by atomic mass is 16.3. The van der Waals surface area contributed by atoms with Crippen molar-refractivity contribution >= 4 is 5.78 Å². The molecule has 4 rings (SSSR count). The van der Waals surface area contributed by atoms with Gasteiger partial charge in [-0.05, 0) is 86.0 Å². The zero-order valence-corrected chi connectivity index (χ0v) is 15.3. The molecule has 0 amide bonds. The monoisotopic (exact) mass is 328 g/mol. The van der Waals surface area contributed by atoms with Gasteiger partial charge in [0.25, 0.3) is 0 Å². The van der Waals surface area contributed by atoms with Gasteiger partial charge in [-0.3, -0.25) is 4.79 Å². The van der Waals surface area contributed by atoms with E-state index in [1.54, 1.807) is 0 Å². The molecule has 3 fully saturated rings. The molecule has 4 aliphatic carbocycles. The first kappa shape index (κ1) is 16.6. The molecule has 0 bridgehead atoms. The molecule has 0 aromatic rings. The fourth-order valence-electron chi connectivity index (χ4n) is 7.24. The fourth-order valence-corrected chi connectivity index (χ4v) is 7.24. The Morgan fingerprint density at radius 1 is 1.17 bits per heavy atom. The summed E-state index contributed by atoms with van der Waals surface area (Å²) >= 11 is 0. The number of allylic oxidation sites excluding steroid dienone is 1. The summed E-state index contributed by atoms with van der Waals surface area (Å²) in [5.74, 6) is 2.40. The minimum atomic E-state index is -0.552. The van der Waals surface area contributed by atoms with Crippen LogP contribution in [0.1, 0.15) is 71.6 Å². The molecule has 2 heteroatoms. The van der Waals surface area contributed by atoms with Gasteiger partial charge in [0.1, 0.15) is 0 Å². The smallest absolute Gasteiger partial charge is 0.155 e. The van der Waals surface area contributed by atoms with Gasteiger partial charge in [0.05, 0.1) is 5.60 Å². The molecule has 6 atom stereocenters. The summed E-state index contributed by atoms with van der Waals surface area (Å²) in [6, 6.07) is 0. The van der Waals surface area contributed by atoms with Gasteiger partial charge in [-0.25, -0.2) is 0 Å². The van der Waals surface area contributed by atoms with Crippen molar-refractivity contribution in [2.75, 3.05) is 0 Å². The van der Waals surface area contributed by atoms with Crippen molar-refractivity contribution in [1.82, 2.24) is 0 Å². The van der Waals surface area contributed by atoms with E-state index in [1.807, 2.05) is 12.2 Å². The molecule has 24 heavy (non-hydrogen) atoms. The van der Waals surface area contributed by atoms with E-state index in [4.69, 9.17) is 0 Å². The second kappa shape index (κ2) is 5.30. The van der Waals surface area contributed by atoms with E-state index >= 15 is 0 Å². The highest BCUT2D eigenvalue weighted by Crippen LogP contribution is 2.68. The van der Waals surface area contributed by atoms with E-state index in [-0.39, 0.29) is 10.8 Å². The molecule has 0 spiro atoms. The fraction of sp³-hybridized carbons (Fsp3) is 0.773. The van der Waals surface area contributed by atoms with Crippen molar-refractivity contribution in [2.45, 2.75) is 77.2 Å². The molecule has 4 aliphatic rings. The summed E-state index contributed by atoms with van der Waals surface area (Å²) in [7, 11) is 0. The number of fused-ring (bicyclic) bond motifs is 5. The maximum absolute atomic E-state index is 11.9. The van der Waals surface area contributed by atoms with Gasteiger partial charge < -0.3 is 5.11 Å². The van der Waals surface area contributed by atoms with Crippen LogP contribution < -0.4 is 0 Å². The van der Waals surface area contributed by atoms with Crippen molar-refractivity contribution in [1.29, 1.82) is 0 Å². The molecular weight excluding hydrogens is 296 g/mol. The molecule has 0 saturated heterocycles. The summed E-state index contributed by atoms with van der Waals surface area (Å²) in [5, 5.41) is 11.3. The Morgan fingerprint density at radius 2 is 1.92 bits per heavy atom. The lowest BCUT2D eigenvalue weighted by Gasteiger charge is -2.59. The van der Waals surface area contributed by atoms with Crippen LogP contribution in [-0.2, 0) is 4.79 Å². The van der Waals surface area contributed by atoms with Crippen LogP contribution in [-0.4, -0.2) is 16.5 Å². The Balaban J connectivity index is 1.67. The van der Waals surface area contributed by atoms with Crippen LogP contribution in [0.5, 0.6) is 0 Å². The van der Waals surface area contributed by atoms with Gasteiger partial charge in [-0.2, -0.15) is 0 Å². The van der Waals surface area contributed by atoms with Gasteiger partial charge >= 0.3 is 0 Å². The molecule has 132 valence electrons. The summed E-state index contributed by atoms with van der Waals surface area (Å²) in [4.78, 5) is 11.9. The average Bonchev–Trinajstić information content (AvgIpc) is 2.80. The van der Waals surface area contributed by atoms with E-state index in [0.717, 1.165) is 50.9 Å². The molecule has 1 N–H and O–H groups in total. The molecule has 0 aromatic heterocycles. The Bertz CT molecular complexity index is 605. The largest absolute Gasteiger partial charge is 0.389 e. The van der Waals surface area contributed by atoms with Crippen molar-refractivity contribution in [3.63, 3.8) is 0 Å². The van der Waals surface area contributed by atoms with Crippen LogP contribution in [0.15, 0.2) is 24.3 Å². The van der Waals surface area contributed by atoms with Crippen LogP contribution in [0, 0.1) is 28.6 Å². The van der Waals surface area contributed by atoms with Crippen LogP contribution in [0.25, 0.3) is 0 Å². The number of carbonyl (C=O) groups excluding carboxylic acids is 1. The zero-order valence-electron chi connectivity index (χ0n) is 15.3. The standard InChI is InChI=1S/C22H32O2/c1-4-10-22(24)13-9-19-17-6-5-15-14-16(23)7-11-20(15,2)18(17)8-12-21(19,22)3/h4,14,17-19,24H,1,5-13H2,2-3H3/t17?,18-,19+,20-,21-,22-/m0/s1. The van der Waals surface area contributed by atoms with Crippen LogP contribution in [0.3, 0.4) is 0 Å². The number of rotatable bonds is 2. The third-order valence-corrected chi connectivity index (χ3v) is 8.77. The Morgan fingerprint density at radius 3 is 2.67 bits per heavy atom. The number of ketones is 1. The zero-order chi connectivity index (χ0) is 17.2. The molecule has 0 aromatic carbocycles. The first-order valence-electron chi connectivity index (χ1n) is 9.91.